The molecule has 0 saturated carbocycles. The van der Waals surface area contributed by atoms with E-state index in [0.29, 0.717) is 12.5 Å². The summed E-state index contributed by atoms with van der Waals surface area (Å²) in [5.74, 6) is -0.0429. The van der Waals surface area contributed by atoms with Crippen LogP contribution < -0.4 is 10.9 Å². The molecule has 0 atom stereocenters. The van der Waals surface area contributed by atoms with E-state index in [1.54, 1.807) is 0 Å². The Kier molecular flexibility index (Phi) is 2.89. The maximum atomic E-state index is 11.2. The van der Waals surface area contributed by atoms with Crippen LogP contribution >= 0.6 is 0 Å². The average Bonchev–Trinajstić information content (AvgIpc) is 2.47. The molecular weight excluding hydrogens is 172 g/mol. The Balaban J connectivity index is 2.60. The van der Waals surface area contributed by atoms with Gasteiger partial charge in [-0.15, -0.1) is 0 Å². The SMILES string of the molecule is CC(C)CNC(=O)c1co[nH]c1=O. The molecule has 0 aliphatic rings. The minimum atomic E-state index is -0.499. The number of aromatic amines is 1. The molecule has 1 rings (SSSR count). The van der Waals surface area contributed by atoms with Crippen LogP contribution in [0, 0.1) is 5.92 Å². The van der Waals surface area contributed by atoms with E-state index in [-0.39, 0.29) is 5.56 Å². The van der Waals surface area contributed by atoms with Crippen molar-refractivity contribution in [2.45, 2.75) is 13.8 Å². The van der Waals surface area contributed by atoms with Gasteiger partial charge in [-0.25, -0.2) is 0 Å². The summed E-state index contributed by atoms with van der Waals surface area (Å²) in [5, 5.41) is 4.65. The van der Waals surface area contributed by atoms with Crippen molar-refractivity contribution in [3.05, 3.63) is 22.2 Å². The summed E-state index contributed by atoms with van der Waals surface area (Å²) in [4.78, 5) is 22.1. The number of nitrogens with one attached hydrogen (secondary N) is 2. The van der Waals surface area contributed by atoms with Gasteiger partial charge in [0.05, 0.1) is 0 Å². The van der Waals surface area contributed by atoms with Crippen LogP contribution in [0.1, 0.15) is 24.2 Å². The number of carbonyl (C=O) groups excluding carboxylic acids is 1. The second kappa shape index (κ2) is 3.93. The molecule has 2 N–H and O–H groups in total. The third-order valence-corrected chi connectivity index (χ3v) is 1.49. The van der Waals surface area contributed by atoms with E-state index < -0.39 is 11.5 Å². The molecule has 1 amide bonds. The molecule has 5 nitrogen and oxygen atoms in total. The molecule has 5 heteroatoms. The van der Waals surface area contributed by atoms with Gasteiger partial charge in [0.2, 0.25) is 0 Å². The van der Waals surface area contributed by atoms with Crippen molar-refractivity contribution in [3.8, 4) is 0 Å². The van der Waals surface area contributed by atoms with Crippen molar-refractivity contribution < 1.29 is 9.32 Å². The van der Waals surface area contributed by atoms with Crippen molar-refractivity contribution in [1.82, 2.24) is 10.5 Å². The number of aromatic nitrogens is 1. The smallest absolute Gasteiger partial charge is 0.292 e. The van der Waals surface area contributed by atoms with E-state index in [1.165, 1.54) is 0 Å². The van der Waals surface area contributed by atoms with E-state index in [4.69, 9.17) is 0 Å². The van der Waals surface area contributed by atoms with Crippen LogP contribution in [-0.4, -0.2) is 17.6 Å². The predicted molar refractivity (Wildman–Crippen MR) is 46.5 cm³/mol. The highest BCUT2D eigenvalue weighted by atomic mass is 16.5. The molecule has 1 aromatic rings. The molecule has 0 unspecified atom stereocenters. The van der Waals surface area contributed by atoms with Crippen LogP contribution in [0.3, 0.4) is 0 Å². The highest BCUT2D eigenvalue weighted by Gasteiger charge is 2.11. The summed E-state index contributed by atoms with van der Waals surface area (Å²) in [5.41, 5.74) is -0.484. The molecule has 0 fully saturated rings. The lowest BCUT2D eigenvalue weighted by Crippen LogP contribution is -2.30. The van der Waals surface area contributed by atoms with Crippen molar-refractivity contribution in [1.29, 1.82) is 0 Å². The van der Waals surface area contributed by atoms with E-state index in [1.807, 2.05) is 19.0 Å². The van der Waals surface area contributed by atoms with Crippen molar-refractivity contribution in [2.24, 2.45) is 5.92 Å². The Morgan fingerprint density at radius 2 is 2.38 bits per heavy atom. The topological polar surface area (TPSA) is 75.1 Å². The zero-order valence-electron chi connectivity index (χ0n) is 7.59. The van der Waals surface area contributed by atoms with Crippen LogP contribution in [0.15, 0.2) is 15.6 Å². The molecule has 0 spiro atoms. The van der Waals surface area contributed by atoms with Crippen LogP contribution in [0.2, 0.25) is 0 Å². The van der Waals surface area contributed by atoms with Gasteiger partial charge in [0.15, 0.2) is 0 Å². The standard InChI is InChI=1S/C8H12N2O3/c1-5(2)3-9-7(11)6-4-13-10-8(6)12/h4-5H,3H2,1-2H3,(H,9,11)(H,10,12). The van der Waals surface area contributed by atoms with Gasteiger partial charge in [-0.05, 0) is 5.92 Å². The Morgan fingerprint density at radius 3 is 2.85 bits per heavy atom. The van der Waals surface area contributed by atoms with Gasteiger partial charge in [-0.2, -0.15) is 5.16 Å². The summed E-state index contributed by atoms with van der Waals surface area (Å²) in [6, 6.07) is 0. The zero-order chi connectivity index (χ0) is 9.84. The quantitative estimate of drug-likeness (QED) is 0.711. The van der Waals surface area contributed by atoms with E-state index in [2.05, 4.69) is 9.84 Å². The normalized spacial score (nSPS) is 10.4. The molecule has 0 bridgehead atoms. The van der Waals surface area contributed by atoms with Gasteiger partial charge in [-0.3, -0.25) is 9.59 Å². The Bertz CT molecular complexity index is 337. The Morgan fingerprint density at radius 1 is 1.69 bits per heavy atom. The molecule has 0 radical (unpaired) electrons. The fraction of sp³-hybridized carbons (Fsp3) is 0.500. The lowest BCUT2D eigenvalue weighted by Gasteiger charge is -2.04. The van der Waals surface area contributed by atoms with Crippen LogP contribution in [0.5, 0.6) is 0 Å². The molecule has 1 heterocycles. The molecule has 13 heavy (non-hydrogen) atoms. The van der Waals surface area contributed by atoms with Gasteiger partial charge in [-0.1, -0.05) is 13.8 Å². The lowest BCUT2D eigenvalue weighted by atomic mass is 10.2. The summed E-state index contributed by atoms with van der Waals surface area (Å²) in [6.45, 7) is 4.49. The Labute approximate surface area is 75.1 Å². The van der Waals surface area contributed by atoms with E-state index in [0.717, 1.165) is 6.26 Å². The maximum Gasteiger partial charge on any atom is 0.292 e. The zero-order valence-corrected chi connectivity index (χ0v) is 7.59. The molecule has 0 aromatic carbocycles. The second-order valence-electron chi connectivity index (χ2n) is 3.18. The number of amides is 1. The summed E-state index contributed by atoms with van der Waals surface area (Å²) in [7, 11) is 0. The van der Waals surface area contributed by atoms with E-state index in [9.17, 15) is 9.59 Å². The molecule has 1 aromatic heterocycles. The van der Waals surface area contributed by atoms with Crippen molar-refractivity contribution >= 4 is 5.91 Å². The van der Waals surface area contributed by atoms with E-state index >= 15 is 0 Å². The van der Waals surface area contributed by atoms with Gasteiger partial charge in [0.1, 0.15) is 11.8 Å². The van der Waals surface area contributed by atoms with Crippen molar-refractivity contribution in [3.63, 3.8) is 0 Å². The van der Waals surface area contributed by atoms with Gasteiger partial charge < -0.3 is 9.84 Å². The number of carbonyl (C=O) groups is 1. The number of hydrogen-bond acceptors (Lipinski definition) is 3. The van der Waals surface area contributed by atoms with Crippen LogP contribution in [0.4, 0.5) is 0 Å². The fourth-order valence-corrected chi connectivity index (χ4v) is 0.799. The average molecular weight is 184 g/mol. The summed E-state index contributed by atoms with van der Waals surface area (Å²) in [6.07, 6.45) is 1.11. The number of rotatable bonds is 3. The van der Waals surface area contributed by atoms with Gasteiger partial charge >= 0.3 is 0 Å². The minimum absolute atomic E-state index is 0.0145. The third-order valence-electron chi connectivity index (χ3n) is 1.49. The first-order valence-corrected chi connectivity index (χ1v) is 4.05. The third kappa shape index (κ3) is 2.47. The largest absolute Gasteiger partial charge is 0.386 e. The highest BCUT2D eigenvalue weighted by molar-refractivity contribution is 5.93. The molecule has 0 aliphatic heterocycles. The molecule has 0 aliphatic carbocycles. The van der Waals surface area contributed by atoms with Crippen LogP contribution in [0.25, 0.3) is 0 Å². The second-order valence-corrected chi connectivity index (χ2v) is 3.18. The first kappa shape index (κ1) is 9.57. The molecule has 72 valence electrons. The summed E-state index contributed by atoms with van der Waals surface area (Å²) >= 11 is 0. The van der Waals surface area contributed by atoms with Crippen molar-refractivity contribution in [2.75, 3.05) is 6.54 Å². The Hall–Kier alpha value is -1.52. The molecule has 0 saturated heterocycles. The number of hydrogen-bond donors (Lipinski definition) is 2. The lowest BCUT2D eigenvalue weighted by molar-refractivity contribution is 0.0947. The molecular formula is C8H12N2O3. The number of H-pyrrole nitrogens is 1. The predicted octanol–water partition coefficient (Wildman–Crippen LogP) is 0.354. The first-order chi connectivity index (χ1) is 6.11. The monoisotopic (exact) mass is 184 g/mol. The summed E-state index contributed by atoms with van der Waals surface area (Å²) < 4.78 is 4.47. The minimum Gasteiger partial charge on any atom is -0.386 e. The fourth-order valence-electron chi connectivity index (χ4n) is 0.799. The first-order valence-electron chi connectivity index (χ1n) is 4.05. The van der Waals surface area contributed by atoms with Gasteiger partial charge in [0, 0.05) is 6.54 Å². The van der Waals surface area contributed by atoms with Crippen LogP contribution in [-0.2, 0) is 0 Å². The maximum absolute atomic E-state index is 11.2. The highest BCUT2D eigenvalue weighted by Crippen LogP contribution is 1.92. The van der Waals surface area contributed by atoms with Gasteiger partial charge in [0.25, 0.3) is 11.5 Å².